The fourth-order valence-corrected chi connectivity index (χ4v) is 2.89. The smallest absolute Gasteiger partial charge is 0.134 e. The maximum atomic E-state index is 10.9. The predicted molar refractivity (Wildman–Crippen MR) is 92.0 cm³/mol. The summed E-state index contributed by atoms with van der Waals surface area (Å²) in [6, 6.07) is 11.8. The van der Waals surface area contributed by atoms with Crippen LogP contribution in [0, 0.1) is 6.92 Å². The van der Waals surface area contributed by atoms with Gasteiger partial charge in [-0.25, -0.2) is 0 Å². The van der Waals surface area contributed by atoms with Crippen molar-refractivity contribution in [3.8, 4) is 5.75 Å². The molecular formula is C19H24N2O3. The van der Waals surface area contributed by atoms with Crippen LogP contribution >= 0.6 is 0 Å². The largest absolute Gasteiger partial charge is 0.490 e. The van der Waals surface area contributed by atoms with E-state index >= 15 is 0 Å². The Balaban J connectivity index is 1.62. The van der Waals surface area contributed by atoms with Gasteiger partial charge in [-0.15, -0.1) is 0 Å². The molecule has 0 aliphatic carbocycles. The van der Waals surface area contributed by atoms with E-state index in [1.165, 1.54) is 5.56 Å². The number of hydrogen-bond donors (Lipinski definition) is 1. The van der Waals surface area contributed by atoms with Gasteiger partial charge in [0.15, 0.2) is 0 Å². The number of pyridine rings is 1. The van der Waals surface area contributed by atoms with Gasteiger partial charge in [0, 0.05) is 32.0 Å². The highest BCUT2D eigenvalue weighted by Gasteiger charge is 2.33. The van der Waals surface area contributed by atoms with E-state index in [4.69, 9.17) is 9.47 Å². The summed E-state index contributed by atoms with van der Waals surface area (Å²) in [5.41, 5.74) is 1.29. The van der Waals surface area contributed by atoms with Crippen LogP contribution in [-0.4, -0.2) is 53.5 Å². The molecule has 0 amide bonds. The number of benzene rings is 1. The molecule has 1 aromatic heterocycles. The third-order valence-corrected chi connectivity index (χ3v) is 4.09. The molecule has 1 aromatic carbocycles. The highest BCUT2D eigenvalue weighted by atomic mass is 16.5. The molecule has 0 bridgehead atoms. The molecule has 24 heavy (non-hydrogen) atoms. The maximum Gasteiger partial charge on any atom is 0.134 e. The number of aryl methyl sites for hydroxylation is 1. The topological polar surface area (TPSA) is 54.8 Å². The molecule has 3 rings (SSSR count). The van der Waals surface area contributed by atoms with Crippen LogP contribution in [0.2, 0.25) is 0 Å². The summed E-state index contributed by atoms with van der Waals surface area (Å²) in [5, 5.41) is 10.9. The summed E-state index contributed by atoms with van der Waals surface area (Å²) in [6.07, 6.45) is 3.58. The van der Waals surface area contributed by atoms with Crippen LogP contribution in [0.25, 0.3) is 0 Å². The van der Waals surface area contributed by atoms with Gasteiger partial charge in [-0.2, -0.15) is 0 Å². The normalized spacial score (nSPS) is 22.1. The fraction of sp³-hybridized carbons (Fsp3) is 0.421. The molecule has 1 aliphatic rings. The Morgan fingerprint density at radius 1 is 1.29 bits per heavy atom. The maximum absolute atomic E-state index is 10.9. The minimum atomic E-state index is -1.02. The van der Waals surface area contributed by atoms with E-state index in [1.54, 1.807) is 12.4 Å². The Hall–Kier alpha value is -1.95. The molecule has 0 saturated carbocycles. The molecule has 0 spiro atoms. The molecule has 5 nitrogen and oxygen atoms in total. The van der Waals surface area contributed by atoms with Gasteiger partial charge in [-0.3, -0.25) is 9.88 Å². The Labute approximate surface area is 142 Å². The molecule has 0 unspecified atom stereocenters. The van der Waals surface area contributed by atoms with Crippen LogP contribution in [0.4, 0.5) is 0 Å². The van der Waals surface area contributed by atoms with Crippen LogP contribution in [0.3, 0.4) is 0 Å². The van der Waals surface area contributed by atoms with Crippen molar-refractivity contribution in [3.63, 3.8) is 0 Å². The summed E-state index contributed by atoms with van der Waals surface area (Å²) in [5.74, 6) is 0.772. The van der Waals surface area contributed by atoms with Crippen molar-refractivity contribution in [1.29, 1.82) is 0 Å². The van der Waals surface area contributed by atoms with E-state index in [0.717, 1.165) is 24.4 Å². The molecule has 2 aromatic rings. The first-order valence-corrected chi connectivity index (χ1v) is 8.24. The number of β-amino-alcohol motifs (C(OH)–C–C–N with tert-alkyl or cyclic N) is 1. The van der Waals surface area contributed by atoms with Crippen molar-refractivity contribution < 1.29 is 14.6 Å². The van der Waals surface area contributed by atoms with Gasteiger partial charge in [0.2, 0.25) is 0 Å². The van der Waals surface area contributed by atoms with Crippen LogP contribution in [0.5, 0.6) is 5.75 Å². The number of hydrogen-bond acceptors (Lipinski definition) is 5. The first-order valence-electron chi connectivity index (χ1n) is 8.24. The van der Waals surface area contributed by atoms with Gasteiger partial charge < -0.3 is 14.6 Å². The Morgan fingerprint density at radius 3 is 2.92 bits per heavy atom. The summed E-state index contributed by atoms with van der Waals surface area (Å²) in [7, 11) is 0. The van der Waals surface area contributed by atoms with Crippen molar-refractivity contribution in [2.75, 3.05) is 32.9 Å². The lowest BCUT2D eigenvalue weighted by atomic mass is 10.1. The third-order valence-electron chi connectivity index (χ3n) is 4.09. The van der Waals surface area contributed by atoms with Gasteiger partial charge in [-0.1, -0.05) is 12.1 Å². The molecule has 128 valence electrons. The summed E-state index contributed by atoms with van der Waals surface area (Å²) in [6.45, 7) is 5.19. The number of nitrogens with zero attached hydrogens (tertiary/aromatic N) is 2. The van der Waals surface area contributed by atoms with Gasteiger partial charge in [0.25, 0.3) is 0 Å². The molecule has 1 saturated heterocycles. The van der Waals surface area contributed by atoms with Crippen molar-refractivity contribution >= 4 is 0 Å². The second-order valence-corrected chi connectivity index (χ2v) is 6.45. The SMILES string of the molecule is Cc1cccc(OC[C@]2(O)COCCN(Cc3ccncc3)C2)c1. The van der Waals surface area contributed by atoms with Gasteiger partial charge in [-0.05, 0) is 42.3 Å². The number of rotatable bonds is 5. The monoisotopic (exact) mass is 328 g/mol. The van der Waals surface area contributed by atoms with E-state index in [2.05, 4.69) is 9.88 Å². The van der Waals surface area contributed by atoms with Crippen molar-refractivity contribution in [3.05, 3.63) is 59.9 Å². The minimum Gasteiger partial charge on any atom is -0.490 e. The first kappa shape index (κ1) is 16.9. The second kappa shape index (κ2) is 7.75. The lowest BCUT2D eigenvalue weighted by Gasteiger charge is -2.30. The van der Waals surface area contributed by atoms with E-state index in [9.17, 15) is 5.11 Å². The zero-order valence-electron chi connectivity index (χ0n) is 14.0. The van der Waals surface area contributed by atoms with E-state index < -0.39 is 5.60 Å². The van der Waals surface area contributed by atoms with E-state index in [0.29, 0.717) is 13.2 Å². The lowest BCUT2D eigenvalue weighted by Crippen LogP contribution is -2.48. The van der Waals surface area contributed by atoms with Gasteiger partial charge >= 0.3 is 0 Å². The summed E-state index contributed by atoms with van der Waals surface area (Å²) < 4.78 is 11.4. The zero-order chi connectivity index (χ0) is 16.8. The quantitative estimate of drug-likeness (QED) is 0.910. The molecule has 1 N–H and O–H groups in total. The number of ether oxygens (including phenoxy) is 2. The lowest BCUT2D eigenvalue weighted by molar-refractivity contribution is -0.0646. The highest BCUT2D eigenvalue weighted by Crippen LogP contribution is 2.19. The fourth-order valence-electron chi connectivity index (χ4n) is 2.89. The van der Waals surface area contributed by atoms with Crippen LogP contribution < -0.4 is 4.74 Å². The average Bonchev–Trinajstić information content (AvgIpc) is 2.76. The number of aromatic nitrogens is 1. The van der Waals surface area contributed by atoms with Crippen LogP contribution in [0.1, 0.15) is 11.1 Å². The zero-order valence-corrected chi connectivity index (χ0v) is 14.0. The van der Waals surface area contributed by atoms with E-state index in [-0.39, 0.29) is 13.2 Å². The Morgan fingerprint density at radius 2 is 2.12 bits per heavy atom. The van der Waals surface area contributed by atoms with E-state index in [1.807, 2.05) is 43.3 Å². The molecule has 1 aliphatic heterocycles. The Bertz CT molecular complexity index is 650. The predicted octanol–water partition coefficient (Wildman–Crippen LogP) is 2.03. The highest BCUT2D eigenvalue weighted by molar-refractivity contribution is 5.27. The summed E-state index contributed by atoms with van der Waals surface area (Å²) in [4.78, 5) is 6.24. The minimum absolute atomic E-state index is 0.212. The molecule has 1 fully saturated rings. The average molecular weight is 328 g/mol. The second-order valence-electron chi connectivity index (χ2n) is 6.45. The third kappa shape index (κ3) is 4.77. The summed E-state index contributed by atoms with van der Waals surface area (Å²) >= 11 is 0. The molecule has 0 radical (unpaired) electrons. The Kier molecular flexibility index (Phi) is 5.45. The van der Waals surface area contributed by atoms with Crippen molar-refractivity contribution in [2.24, 2.45) is 0 Å². The standard InChI is InChI=1S/C19H24N2O3/c1-16-3-2-4-18(11-16)24-15-19(22)13-21(9-10-23-14-19)12-17-5-7-20-8-6-17/h2-8,11,22H,9-10,12-15H2,1H3/t19-/m1/s1. The van der Waals surface area contributed by atoms with Crippen LogP contribution in [0.15, 0.2) is 48.8 Å². The van der Waals surface area contributed by atoms with Crippen molar-refractivity contribution in [2.45, 2.75) is 19.1 Å². The number of aliphatic hydroxyl groups is 1. The molecule has 2 heterocycles. The molecule has 1 atom stereocenters. The molecular weight excluding hydrogens is 304 g/mol. The van der Waals surface area contributed by atoms with Gasteiger partial charge in [0.05, 0.1) is 13.2 Å². The van der Waals surface area contributed by atoms with Gasteiger partial charge in [0.1, 0.15) is 18.0 Å². The van der Waals surface area contributed by atoms with Crippen LogP contribution in [-0.2, 0) is 11.3 Å². The van der Waals surface area contributed by atoms with Crippen molar-refractivity contribution in [1.82, 2.24) is 9.88 Å². The first-order chi connectivity index (χ1) is 11.6. The molecule has 5 heteroatoms.